The summed E-state index contributed by atoms with van der Waals surface area (Å²) in [5, 5.41) is 0. The van der Waals surface area contributed by atoms with Gasteiger partial charge in [0.25, 0.3) is 0 Å². The zero-order chi connectivity index (χ0) is 11.1. The minimum Gasteiger partial charge on any atom is -0.0998 e. The molecule has 0 N–H and O–H groups in total. The lowest BCUT2D eigenvalue weighted by Gasteiger charge is -2.29. The summed E-state index contributed by atoms with van der Waals surface area (Å²) in [4.78, 5) is 0. The van der Waals surface area contributed by atoms with Crippen LogP contribution in [0.2, 0.25) is 0 Å². The second-order valence-corrected chi connectivity index (χ2v) is 6.26. The Morgan fingerprint density at radius 1 is 1.33 bits per heavy atom. The zero-order valence-corrected chi connectivity index (χ0v) is 10.5. The molecule has 2 aliphatic rings. The van der Waals surface area contributed by atoms with Crippen LogP contribution in [-0.2, 0) is 0 Å². The van der Waals surface area contributed by atoms with Gasteiger partial charge in [0.05, 0.1) is 0 Å². The maximum Gasteiger partial charge on any atom is -0.0163 e. The Hall–Kier alpha value is -0.520. The molecule has 0 spiro atoms. The van der Waals surface area contributed by atoms with Crippen molar-refractivity contribution in [3.63, 3.8) is 0 Å². The maximum absolute atomic E-state index is 4.24. The summed E-state index contributed by atoms with van der Waals surface area (Å²) in [6.07, 6.45) is 9.12. The van der Waals surface area contributed by atoms with Crippen molar-refractivity contribution >= 4 is 0 Å². The highest BCUT2D eigenvalue weighted by Crippen LogP contribution is 2.45. The van der Waals surface area contributed by atoms with Gasteiger partial charge in [0.15, 0.2) is 0 Å². The molecule has 1 fully saturated rings. The molecule has 0 aromatic carbocycles. The fourth-order valence-electron chi connectivity index (χ4n) is 3.14. The van der Waals surface area contributed by atoms with Crippen molar-refractivity contribution in [3.05, 3.63) is 23.8 Å². The first-order valence-corrected chi connectivity index (χ1v) is 6.37. The first kappa shape index (κ1) is 11.0. The van der Waals surface area contributed by atoms with Gasteiger partial charge in [0, 0.05) is 0 Å². The van der Waals surface area contributed by atoms with Gasteiger partial charge < -0.3 is 0 Å². The molecule has 0 bridgehead atoms. The molecule has 0 nitrogen and oxygen atoms in total. The van der Waals surface area contributed by atoms with Gasteiger partial charge in [-0.25, -0.2) is 0 Å². The zero-order valence-electron chi connectivity index (χ0n) is 10.5. The van der Waals surface area contributed by atoms with Crippen molar-refractivity contribution in [2.75, 3.05) is 0 Å². The van der Waals surface area contributed by atoms with Gasteiger partial charge >= 0.3 is 0 Å². The third-order valence-corrected chi connectivity index (χ3v) is 4.20. The average Bonchev–Trinajstić information content (AvgIpc) is 2.44. The van der Waals surface area contributed by atoms with E-state index in [1.807, 2.05) is 0 Å². The molecule has 2 rings (SSSR count). The Morgan fingerprint density at radius 2 is 2.07 bits per heavy atom. The van der Waals surface area contributed by atoms with Crippen molar-refractivity contribution < 1.29 is 0 Å². The Balaban J connectivity index is 2.31. The number of fused-ring (bicyclic) bond motifs is 1. The number of hydrogen-bond acceptors (Lipinski definition) is 0. The van der Waals surface area contributed by atoms with Gasteiger partial charge in [-0.1, -0.05) is 44.6 Å². The van der Waals surface area contributed by atoms with Crippen molar-refractivity contribution in [1.29, 1.82) is 0 Å². The lowest BCUT2D eigenvalue weighted by molar-refractivity contribution is 0.409. The molecule has 15 heavy (non-hydrogen) atoms. The second kappa shape index (κ2) is 3.81. The summed E-state index contributed by atoms with van der Waals surface area (Å²) in [5.74, 6) is 1.65. The Morgan fingerprint density at radius 3 is 2.80 bits per heavy atom. The summed E-state index contributed by atoms with van der Waals surface area (Å²) in [7, 11) is 0. The number of allylic oxidation sites excluding steroid dienone is 3. The van der Waals surface area contributed by atoms with Gasteiger partial charge in [-0.05, 0) is 49.4 Å². The van der Waals surface area contributed by atoms with E-state index in [2.05, 4.69) is 33.4 Å². The van der Waals surface area contributed by atoms with E-state index in [1.165, 1.54) is 37.7 Å². The Labute approximate surface area is 94.5 Å². The van der Waals surface area contributed by atoms with Gasteiger partial charge in [-0.3, -0.25) is 0 Å². The van der Waals surface area contributed by atoms with Crippen LogP contribution in [0.3, 0.4) is 0 Å². The van der Waals surface area contributed by atoms with E-state index in [9.17, 15) is 0 Å². The van der Waals surface area contributed by atoms with Gasteiger partial charge in [0.1, 0.15) is 0 Å². The molecule has 0 heteroatoms. The van der Waals surface area contributed by atoms with Gasteiger partial charge in [-0.2, -0.15) is 0 Å². The third-order valence-electron chi connectivity index (χ3n) is 4.20. The van der Waals surface area contributed by atoms with E-state index in [0.29, 0.717) is 5.41 Å². The standard InChI is InChI=1S/C15H24/c1-11-7-8-15(3,4)10-14-12(2)5-6-13(14)9-11/h10,12-13H,1,5-9H2,2-4H3/b14-10-/t12-,13-/m1/s1. The van der Waals surface area contributed by atoms with Crippen LogP contribution in [0.15, 0.2) is 23.8 Å². The highest BCUT2D eigenvalue weighted by Gasteiger charge is 2.31. The lowest BCUT2D eigenvalue weighted by atomic mass is 9.77. The minimum atomic E-state index is 0.384. The van der Waals surface area contributed by atoms with Crippen molar-refractivity contribution in [2.24, 2.45) is 17.3 Å². The van der Waals surface area contributed by atoms with Gasteiger partial charge in [0.2, 0.25) is 0 Å². The first-order chi connectivity index (χ1) is 6.98. The molecule has 0 unspecified atom stereocenters. The van der Waals surface area contributed by atoms with Crippen LogP contribution in [0.5, 0.6) is 0 Å². The molecule has 0 radical (unpaired) electrons. The van der Waals surface area contributed by atoms with Crippen LogP contribution in [-0.4, -0.2) is 0 Å². The van der Waals surface area contributed by atoms with Crippen molar-refractivity contribution in [3.8, 4) is 0 Å². The van der Waals surface area contributed by atoms with Crippen molar-refractivity contribution in [2.45, 2.75) is 52.9 Å². The van der Waals surface area contributed by atoms with Crippen LogP contribution >= 0.6 is 0 Å². The number of hydrogen-bond donors (Lipinski definition) is 0. The summed E-state index contributed by atoms with van der Waals surface area (Å²) in [6, 6.07) is 0. The molecule has 0 heterocycles. The Bertz CT molecular complexity index is 293. The smallest absolute Gasteiger partial charge is 0.0163 e. The molecule has 2 aliphatic carbocycles. The molecule has 0 aromatic heterocycles. The molecule has 0 aliphatic heterocycles. The lowest BCUT2D eigenvalue weighted by Crippen LogP contribution is -2.15. The molecule has 0 aromatic rings. The van der Waals surface area contributed by atoms with Crippen molar-refractivity contribution in [1.82, 2.24) is 0 Å². The van der Waals surface area contributed by atoms with E-state index < -0.39 is 0 Å². The van der Waals surface area contributed by atoms with E-state index >= 15 is 0 Å². The molecule has 0 amide bonds. The van der Waals surface area contributed by atoms with Crippen LogP contribution in [0.1, 0.15) is 52.9 Å². The molecular weight excluding hydrogens is 180 g/mol. The fourth-order valence-corrected chi connectivity index (χ4v) is 3.14. The topological polar surface area (TPSA) is 0 Å². The van der Waals surface area contributed by atoms with E-state index in [4.69, 9.17) is 0 Å². The van der Waals surface area contributed by atoms with Gasteiger partial charge in [-0.15, -0.1) is 0 Å². The first-order valence-electron chi connectivity index (χ1n) is 6.37. The van der Waals surface area contributed by atoms with Crippen LogP contribution in [0, 0.1) is 17.3 Å². The predicted molar refractivity (Wildman–Crippen MR) is 66.7 cm³/mol. The van der Waals surface area contributed by atoms with Crippen LogP contribution in [0.25, 0.3) is 0 Å². The van der Waals surface area contributed by atoms with Crippen LogP contribution in [0.4, 0.5) is 0 Å². The number of rotatable bonds is 0. The summed E-state index contributed by atoms with van der Waals surface area (Å²) < 4.78 is 0. The Kier molecular flexibility index (Phi) is 2.79. The van der Waals surface area contributed by atoms with Crippen LogP contribution < -0.4 is 0 Å². The normalized spacial score (nSPS) is 38.9. The van der Waals surface area contributed by atoms with E-state index in [0.717, 1.165) is 11.8 Å². The quantitative estimate of drug-likeness (QED) is 0.501. The third kappa shape index (κ3) is 2.35. The molecule has 84 valence electrons. The maximum atomic E-state index is 4.24. The molecular formula is C15H24. The highest BCUT2D eigenvalue weighted by molar-refractivity contribution is 5.22. The largest absolute Gasteiger partial charge is 0.0998 e. The monoisotopic (exact) mass is 204 g/mol. The second-order valence-electron chi connectivity index (χ2n) is 6.26. The summed E-state index contributed by atoms with van der Waals surface area (Å²) >= 11 is 0. The summed E-state index contributed by atoms with van der Waals surface area (Å²) in [6.45, 7) is 11.4. The summed E-state index contributed by atoms with van der Waals surface area (Å²) in [5.41, 5.74) is 3.60. The van der Waals surface area contributed by atoms with E-state index in [1.54, 1.807) is 5.57 Å². The fraction of sp³-hybridized carbons (Fsp3) is 0.733. The molecule has 1 saturated carbocycles. The SMILES string of the molecule is C=C1CCC(C)(C)/C=C2\[C@H](CC[C@H]2C)C1. The highest BCUT2D eigenvalue weighted by atomic mass is 14.4. The molecule has 2 atom stereocenters. The predicted octanol–water partition coefficient (Wildman–Crippen LogP) is 4.73. The average molecular weight is 204 g/mol. The minimum absolute atomic E-state index is 0.384. The molecule has 0 saturated heterocycles. The van der Waals surface area contributed by atoms with E-state index in [-0.39, 0.29) is 0 Å².